The summed E-state index contributed by atoms with van der Waals surface area (Å²) in [5.74, 6) is -0.818. The number of amides is 2. The quantitative estimate of drug-likeness (QED) is 0.358. The molecule has 4 rings (SSSR count). The zero-order valence-corrected chi connectivity index (χ0v) is 23.2. The average molecular weight is 570 g/mol. The van der Waals surface area contributed by atoms with Gasteiger partial charge in [-0.05, 0) is 49.2 Å². The predicted octanol–water partition coefficient (Wildman–Crippen LogP) is 3.49. The van der Waals surface area contributed by atoms with Crippen molar-refractivity contribution in [3.63, 3.8) is 0 Å². The molecular weight excluding hydrogens is 537 g/mol. The number of nitrogens with zero attached hydrogens (tertiary/aromatic N) is 2. The molecule has 0 fully saturated rings. The number of halogens is 1. The summed E-state index contributed by atoms with van der Waals surface area (Å²) in [5, 5.41) is 2.80. The number of sulfonamides is 1. The molecule has 0 aromatic heterocycles. The maximum Gasteiger partial charge on any atom is 0.244 e. The number of anilines is 1. The summed E-state index contributed by atoms with van der Waals surface area (Å²) in [6.07, 6.45) is 0.199. The molecule has 0 aliphatic carbocycles. The van der Waals surface area contributed by atoms with E-state index in [0.29, 0.717) is 23.6 Å². The number of likely N-dealkylation sites (N-methyl/N-ethyl adjacent to an activating group) is 1. The molecule has 1 N–H and O–H groups in total. The van der Waals surface area contributed by atoms with Crippen molar-refractivity contribution in [2.24, 2.45) is 0 Å². The lowest BCUT2D eigenvalue weighted by molar-refractivity contribution is -0.140. The monoisotopic (exact) mass is 569 g/mol. The van der Waals surface area contributed by atoms with Crippen molar-refractivity contribution in [3.05, 3.63) is 89.7 Å². The van der Waals surface area contributed by atoms with Crippen molar-refractivity contribution in [3.8, 4) is 11.5 Å². The zero-order chi connectivity index (χ0) is 28.7. The van der Waals surface area contributed by atoms with Crippen LogP contribution in [-0.4, -0.2) is 56.8 Å². The molecule has 1 aliphatic heterocycles. The largest absolute Gasteiger partial charge is 0.454 e. The van der Waals surface area contributed by atoms with Gasteiger partial charge in [0.05, 0.1) is 11.4 Å². The van der Waals surface area contributed by atoms with E-state index in [1.54, 1.807) is 19.1 Å². The van der Waals surface area contributed by atoms with Crippen LogP contribution in [0.5, 0.6) is 11.5 Å². The van der Waals surface area contributed by atoms with Gasteiger partial charge < -0.3 is 19.7 Å². The molecule has 212 valence electrons. The Morgan fingerprint density at radius 3 is 2.33 bits per heavy atom. The lowest BCUT2D eigenvalue weighted by Crippen LogP contribution is -2.53. The summed E-state index contributed by atoms with van der Waals surface area (Å²) in [5.41, 5.74) is 1.65. The molecule has 1 atom stereocenters. The molecule has 40 heavy (non-hydrogen) atoms. The standard InChI is InChI=1S/C29H32FN3O6S/c1-3-31-29(35)25(16-21-8-6-5-7-9-21)32(18-22-10-12-23(30)13-11-22)28(34)19-33(40(36,37)4-2)24-14-15-26-27(17-24)39-20-38-26/h5-15,17,25H,3-4,16,18-20H2,1-2H3,(H,31,35)/t25-/m0/s1. The van der Waals surface area contributed by atoms with Gasteiger partial charge in [0.1, 0.15) is 18.4 Å². The molecule has 0 bridgehead atoms. The molecule has 0 saturated carbocycles. The van der Waals surface area contributed by atoms with E-state index in [0.717, 1.165) is 9.87 Å². The minimum Gasteiger partial charge on any atom is -0.454 e. The molecule has 9 nitrogen and oxygen atoms in total. The highest BCUT2D eigenvalue weighted by Crippen LogP contribution is 2.36. The summed E-state index contributed by atoms with van der Waals surface area (Å²) >= 11 is 0. The Balaban J connectivity index is 1.73. The van der Waals surface area contributed by atoms with Crippen LogP contribution in [0.1, 0.15) is 25.0 Å². The van der Waals surface area contributed by atoms with Crippen LogP contribution in [0.15, 0.2) is 72.8 Å². The fourth-order valence-electron chi connectivity index (χ4n) is 4.39. The second kappa shape index (κ2) is 12.8. The molecule has 1 aliphatic rings. The van der Waals surface area contributed by atoms with E-state index < -0.39 is 34.3 Å². The molecule has 11 heteroatoms. The van der Waals surface area contributed by atoms with E-state index in [4.69, 9.17) is 9.47 Å². The number of rotatable bonds is 12. The number of fused-ring (bicyclic) bond motifs is 1. The Morgan fingerprint density at radius 1 is 0.950 bits per heavy atom. The molecule has 3 aromatic rings. The average Bonchev–Trinajstić information content (AvgIpc) is 3.43. The van der Waals surface area contributed by atoms with Crippen LogP contribution in [-0.2, 0) is 32.6 Å². The van der Waals surface area contributed by atoms with Crippen molar-refractivity contribution in [1.82, 2.24) is 10.2 Å². The van der Waals surface area contributed by atoms with E-state index in [1.165, 1.54) is 42.2 Å². The highest BCUT2D eigenvalue weighted by Gasteiger charge is 2.34. The summed E-state index contributed by atoms with van der Waals surface area (Å²) in [7, 11) is -3.91. The number of hydrogen-bond acceptors (Lipinski definition) is 6. The number of nitrogens with one attached hydrogen (secondary N) is 1. The topological polar surface area (TPSA) is 105 Å². The Bertz CT molecular complexity index is 1430. The van der Waals surface area contributed by atoms with Crippen molar-refractivity contribution < 1.29 is 31.9 Å². The van der Waals surface area contributed by atoms with Gasteiger partial charge in [-0.1, -0.05) is 42.5 Å². The lowest BCUT2D eigenvalue weighted by atomic mass is 10.0. The summed E-state index contributed by atoms with van der Waals surface area (Å²) in [4.78, 5) is 28.7. The first-order valence-corrected chi connectivity index (χ1v) is 14.6. The summed E-state index contributed by atoms with van der Waals surface area (Å²) in [6.45, 7) is 3.03. The molecule has 0 saturated heterocycles. The molecule has 0 radical (unpaired) electrons. The third-order valence-corrected chi connectivity index (χ3v) is 8.25. The third-order valence-electron chi connectivity index (χ3n) is 6.51. The van der Waals surface area contributed by atoms with E-state index in [9.17, 15) is 22.4 Å². The van der Waals surface area contributed by atoms with Crippen LogP contribution in [0.25, 0.3) is 0 Å². The van der Waals surface area contributed by atoms with Crippen LogP contribution < -0.4 is 19.1 Å². The first-order chi connectivity index (χ1) is 19.2. The van der Waals surface area contributed by atoms with Crippen LogP contribution in [0.2, 0.25) is 0 Å². The van der Waals surface area contributed by atoms with Gasteiger partial charge in [0.2, 0.25) is 28.6 Å². The smallest absolute Gasteiger partial charge is 0.244 e. The highest BCUT2D eigenvalue weighted by atomic mass is 32.2. The first kappa shape index (κ1) is 28.9. The van der Waals surface area contributed by atoms with Gasteiger partial charge in [0.15, 0.2) is 11.5 Å². The minimum atomic E-state index is -3.91. The number of hydrogen-bond donors (Lipinski definition) is 1. The van der Waals surface area contributed by atoms with Gasteiger partial charge in [0, 0.05) is 25.6 Å². The van der Waals surface area contributed by atoms with Crippen molar-refractivity contribution in [2.75, 3.05) is 29.9 Å². The molecule has 0 spiro atoms. The Hall–Kier alpha value is -4.12. The second-order valence-electron chi connectivity index (χ2n) is 9.19. The van der Waals surface area contributed by atoms with E-state index in [2.05, 4.69) is 5.32 Å². The Kier molecular flexibility index (Phi) is 9.26. The second-order valence-corrected chi connectivity index (χ2v) is 11.4. The predicted molar refractivity (Wildman–Crippen MR) is 149 cm³/mol. The molecule has 3 aromatic carbocycles. The molecule has 0 unspecified atom stereocenters. The van der Waals surface area contributed by atoms with E-state index >= 15 is 0 Å². The van der Waals surface area contributed by atoms with E-state index in [1.807, 2.05) is 30.3 Å². The highest BCUT2D eigenvalue weighted by molar-refractivity contribution is 7.92. The van der Waals surface area contributed by atoms with Gasteiger partial charge in [-0.25, -0.2) is 12.8 Å². The van der Waals surface area contributed by atoms with E-state index in [-0.39, 0.29) is 37.1 Å². The SMILES string of the molecule is CCNC(=O)[C@H](Cc1ccccc1)N(Cc1ccc(F)cc1)C(=O)CN(c1ccc2c(c1)OCO2)S(=O)(=O)CC. The van der Waals surface area contributed by atoms with Crippen molar-refractivity contribution >= 4 is 27.5 Å². The summed E-state index contributed by atoms with van der Waals surface area (Å²) < 4.78 is 51.8. The molecule has 2 amide bonds. The van der Waals surface area contributed by atoms with Crippen LogP contribution in [0.4, 0.5) is 10.1 Å². The van der Waals surface area contributed by atoms with Crippen LogP contribution >= 0.6 is 0 Å². The number of carbonyl (C=O) groups is 2. The van der Waals surface area contributed by atoms with Gasteiger partial charge in [-0.15, -0.1) is 0 Å². The fourth-order valence-corrected chi connectivity index (χ4v) is 5.45. The maximum absolute atomic E-state index is 14.0. The zero-order valence-electron chi connectivity index (χ0n) is 22.4. The van der Waals surface area contributed by atoms with Gasteiger partial charge >= 0.3 is 0 Å². The lowest BCUT2D eigenvalue weighted by Gasteiger charge is -2.33. The summed E-state index contributed by atoms with van der Waals surface area (Å²) in [6, 6.07) is 18.5. The molecule has 1 heterocycles. The van der Waals surface area contributed by atoms with Gasteiger partial charge in [-0.3, -0.25) is 13.9 Å². The number of ether oxygens (including phenoxy) is 2. The van der Waals surface area contributed by atoms with Gasteiger partial charge in [-0.2, -0.15) is 0 Å². The van der Waals surface area contributed by atoms with Crippen molar-refractivity contribution in [1.29, 1.82) is 0 Å². The number of carbonyl (C=O) groups excluding carboxylic acids is 2. The van der Waals surface area contributed by atoms with Crippen LogP contribution in [0, 0.1) is 5.82 Å². The Morgan fingerprint density at radius 2 is 1.65 bits per heavy atom. The minimum absolute atomic E-state index is 0.0113. The van der Waals surface area contributed by atoms with Crippen LogP contribution in [0.3, 0.4) is 0 Å². The normalized spacial score (nSPS) is 13.0. The van der Waals surface area contributed by atoms with Crippen molar-refractivity contribution in [2.45, 2.75) is 32.9 Å². The maximum atomic E-state index is 14.0. The molecular formula is C29H32FN3O6S. The Labute approximate surface area is 233 Å². The fraction of sp³-hybridized carbons (Fsp3) is 0.310. The first-order valence-electron chi connectivity index (χ1n) is 13.0. The third kappa shape index (κ3) is 6.90. The number of benzene rings is 3. The van der Waals surface area contributed by atoms with Gasteiger partial charge in [0.25, 0.3) is 0 Å².